The number of nitro groups is 1. The van der Waals surface area contributed by atoms with Gasteiger partial charge in [0.25, 0.3) is 11.6 Å². The van der Waals surface area contributed by atoms with Crippen LogP contribution in [0.3, 0.4) is 0 Å². The summed E-state index contributed by atoms with van der Waals surface area (Å²) in [6.07, 6.45) is 1.39. The third-order valence-electron chi connectivity index (χ3n) is 3.58. The number of hydrazone groups is 1. The van der Waals surface area contributed by atoms with Crippen molar-refractivity contribution in [3.8, 4) is 0 Å². The molecule has 0 unspecified atom stereocenters. The Balaban J connectivity index is 1.54. The summed E-state index contributed by atoms with van der Waals surface area (Å²) in [7, 11) is 0. The summed E-state index contributed by atoms with van der Waals surface area (Å²) in [4.78, 5) is 22.4. The molecular formula is C17H15IN8O3S. The van der Waals surface area contributed by atoms with Crippen LogP contribution in [0, 0.1) is 13.7 Å². The summed E-state index contributed by atoms with van der Waals surface area (Å²) in [5.41, 5.74) is 3.81. The molecule has 0 aliphatic heterocycles. The predicted octanol–water partition coefficient (Wildman–Crippen LogP) is 2.68. The average Bonchev–Trinajstić information content (AvgIpc) is 3.08. The topological polar surface area (TPSA) is 153 Å². The number of non-ortho nitro benzene ring substituents is 1. The van der Waals surface area contributed by atoms with E-state index in [4.69, 9.17) is 5.84 Å². The van der Waals surface area contributed by atoms with Gasteiger partial charge in [-0.2, -0.15) is 5.10 Å². The Kier molecular flexibility index (Phi) is 7.18. The molecule has 1 heterocycles. The van der Waals surface area contributed by atoms with Gasteiger partial charge in [0.1, 0.15) is 0 Å². The van der Waals surface area contributed by atoms with Gasteiger partial charge in [-0.15, -0.1) is 10.2 Å². The number of nitrogen functional groups attached to an aromatic ring is 1. The summed E-state index contributed by atoms with van der Waals surface area (Å²) in [6, 6.07) is 13.4. The van der Waals surface area contributed by atoms with Gasteiger partial charge in [-0.25, -0.2) is 10.1 Å². The van der Waals surface area contributed by atoms with Crippen molar-refractivity contribution in [3.05, 3.63) is 67.8 Å². The third kappa shape index (κ3) is 5.90. The summed E-state index contributed by atoms with van der Waals surface area (Å²) in [6.45, 7) is 0. The summed E-state index contributed by atoms with van der Waals surface area (Å²) < 4.78 is 2.23. The highest BCUT2D eigenvalue weighted by Crippen LogP contribution is 2.18. The standard InChI is InChI=1S/C17H15IN8O3S/c18-12-4-6-13(7-5-12)21-15(27)10-30-17-24-23-16(25(17)19)22-20-9-11-2-1-3-14(8-11)26(28)29/h1-9H,10,19H2,(H,21,27)(H,22,23)/b20-9+. The van der Waals surface area contributed by atoms with Gasteiger partial charge in [0.05, 0.1) is 16.9 Å². The molecule has 0 bridgehead atoms. The van der Waals surface area contributed by atoms with Gasteiger partial charge in [-0.3, -0.25) is 14.9 Å². The Morgan fingerprint density at radius 2 is 2.07 bits per heavy atom. The Labute approximate surface area is 188 Å². The van der Waals surface area contributed by atoms with E-state index in [1.807, 2.05) is 24.3 Å². The summed E-state index contributed by atoms with van der Waals surface area (Å²) in [5, 5.41) is 25.6. The summed E-state index contributed by atoms with van der Waals surface area (Å²) in [5.74, 6) is 5.95. The molecule has 0 saturated heterocycles. The number of carbonyl (C=O) groups is 1. The zero-order valence-electron chi connectivity index (χ0n) is 15.2. The molecule has 0 radical (unpaired) electrons. The number of nitrogens with one attached hydrogen (secondary N) is 2. The highest BCUT2D eigenvalue weighted by Gasteiger charge is 2.12. The first-order chi connectivity index (χ1) is 14.4. The van der Waals surface area contributed by atoms with Gasteiger partial charge in [-0.1, -0.05) is 23.9 Å². The van der Waals surface area contributed by atoms with Crippen LogP contribution < -0.4 is 16.6 Å². The fourth-order valence-electron chi connectivity index (χ4n) is 2.20. The number of hydrogen-bond acceptors (Lipinski definition) is 9. The van der Waals surface area contributed by atoms with E-state index in [0.29, 0.717) is 16.4 Å². The monoisotopic (exact) mass is 538 g/mol. The number of thioether (sulfide) groups is 1. The number of aromatic nitrogens is 3. The first-order valence-corrected chi connectivity index (χ1v) is 10.4. The van der Waals surface area contributed by atoms with E-state index in [-0.39, 0.29) is 23.3 Å². The predicted molar refractivity (Wildman–Crippen MR) is 123 cm³/mol. The van der Waals surface area contributed by atoms with E-state index in [9.17, 15) is 14.9 Å². The minimum absolute atomic E-state index is 0.0388. The number of hydrogen-bond donors (Lipinski definition) is 3. The van der Waals surface area contributed by atoms with Crippen LogP contribution in [0.4, 0.5) is 17.3 Å². The van der Waals surface area contributed by atoms with Crippen molar-refractivity contribution in [2.24, 2.45) is 5.10 Å². The smallest absolute Gasteiger partial charge is 0.270 e. The maximum atomic E-state index is 12.1. The van der Waals surface area contributed by atoms with Gasteiger partial charge >= 0.3 is 0 Å². The molecule has 13 heteroatoms. The van der Waals surface area contributed by atoms with E-state index in [1.165, 1.54) is 18.3 Å². The Bertz CT molecular complexity index is 1090. The zero-order valence-corrected chi connectivity index (χ0v) is 18.2. The number of anilines is 2. The van der Waals surface area contributed by atoms with Crippen LogP contribution in [0.5, 0.6) is 0 Å². The lowest BCUT2D eigenvalue weighted by Gasteiger charge is -2.05. The number of carbonyl (C=O) groups excluding carboxylic acids is 1. The lowest BCUT2D eigenvalue weighted by molar-refractivity contribution is -0.384. The Morgan fingerprint density at radius 3 is 2.80 bits per heavy atom. The van der Waals surface area contributed by atoms with Crippen molar-refractivity contribution in [3.63, 3.8) is 0 Å². The van der Waals surface area contributed by atoms with E-state index in [1.54, 1.807) is 12.1 Å². The van der Waals surface area contributed by atoms with Gasteiger partial charge in [0, 0.05) is 27.0 Å². The van der Waals surface area contributed by atoms with Gasteiger partial charge in [-0.05, 0) is 46.9 Å². The van der Waals surface area contributed by atoms with E-state index >= 15 is 0 Å². The van der Waals surface area contributed by atoms with Crippen molar-refractivity contribution < 1.29 is 9.72 Å². The lowest BCUT2D eigenvalue weighted by atomic mass is 10.2. The largest absolute Gasteiger partial charge is 0.334 e. The maximum Gasteiger partial charge on any atom is 0.270 e. The number of halogens is 1. The van der Waals surface area contributed by atoms with Gasteiger partial charge in [0.2, 0.25) is 11.1 Å². The van der Waals surface area contributed by atoms with Crippen LogP contribution in [-0.2, 0) is 4.79 Å². The molecule has 2 aromatic carbocycles. The molecule has 11 nitrogen and oxygen atoms in total. The van der Waals surface area contributed by atoms with Crippen molar-refractivity contribution in [2.75, 3.05) is 22.3 Å². The Morgan fingerprint density at radius 1 is 1.30 bits per heavy atom. The molecule has 1 aromatic heterocycles. The fraction of sp³-hybridized carbons (Fsp3) is 0.0588. The minimum atomic E-state index is -0.487. The second-order valence-electron chi connectivity index (χ2n) is 5.74. The molecule has 0 spiro atoms. The van der Waals surface area contributed by atoms with Crippen LogP contribution in [0.25, 0.3) is 0 Å². The SMILES string of the molecule is Nn1c(N/N=C/c2cccc([N+](=O)[O-])c2)nnc1SCC(=O)Nc1ccc(I)cc1. The van der Waals surface area contributed by atoms with Crippen molar-refractivity contribution >= 4 is 63.8 Å². The first kappa shape index (κ1) is 21.5. The Hall–Kier alpha value is -3.20. The van der Waals surface area contributed by atoms with Gasteiger partial charge < -0.3 is 11.2 Å². The number of amides is 1. The second-order valence-corrected chi connectivity index (χ2v) is 7.93. The highest BCUT2D eigenvalue weighted by molar-refractivity contribution is 14.1. The molecule has 0 saturated carbocycles. The molecule has 1 amide bonds. The lowest BCUT2D eigenvalue weighted by Crippen LogP contribution is -2.16. The van der Waals surface area contributed by atoms with Crippen LogP contribution in [-0.4, -0.2) is 37.7 Å². The number of nitrogens with zero attached hydrogens (tertiary/aromatic N) is 5. The normalized spacial score (nSPS) is 10.8. The third-order valence-corrected chi connectivity index (χ3v) is 5.25. The number of nitrogens with two attached hydrogens (primary N) is 1. The van der Waals surface area contributed by atoms with E-state index in [0.717, 1.165) is 20.0 Å². The van der Waals surface area contributed by atoms with Crippen LogP contribution in [0.2, 0.25) is 0 Å². The van der Waals surface area contributed by atoms with Crippen molar-refractivity contribution in [1.82, 2.24) is 14.9 Å². The first-order valence-electron chi connectivity index (χ1n) is 8.34. The molecule has 3 aromatic rings. The van der Waals surface area contributed by atoms with Crippen molar-refractivity contribution in [2.45, 2.75) is 5.16 Å². The average molecular weight is 538 g/mol. The quantitative estimate of drug-likeness (QED) is 0.0989. The molecular weight excluding hydrogens is 523 g/mol. The number of nitro benzene ring substituents is 1. The second kappa shape index (κ2) is 10.0. The highest BCUT2D eigenvalue weighted by atomic mass is 127. The zero-order chi connectivity index (χ0) is 21.5. The molecule has 4 N–H and O–H groups in total. The molecule has 0 atom stereocenters. The maximum absolute atomic E-state index is 12.1. The van der Waals surface area contributed by atoms with E-state index < -0.39 is 4.92 Å². The molecule has 3 rings (SSSR count). The molecule has 0 fully saturated rings. The number of rotatable bonds is 8. The van der Waals surface area contributed by atoms with Crippen LogP contribution >= 0.6 is 34.4 Å². The fourth-order valence-corrected chi connectivity index (χ4v) is 3.21. The van der Waals surface area contributed by atoms with Gasteiger partial charge in [0.15, 0.2) is 0 Å². The molecule has 0 aliphatic rings. The van der Waals surface area contributed by atoms with Crippen LogP contribution in [0.15, 0.2) is 58.8 Å². The van der Waals surface area contributed by atoms with Crippen LogP contribution in [0.1, 0.15) is 5.56 Å². The molecule has 154 valence electrons. The minimum Gasteiger partial charge on any atom is -0.334 e. The summed E-state index contributed by atoms with van der Waals surface area (Å²) >= 11 is 3.30. The van der Waals surface area contributed by atoms with E-state index in [2.05, 4.69) is 48.6 Å². The number of benzene rings is 2. The van der Waals surface area contributed by atoms with Crippen molar-refractivity contribution in [1.29, 1.82) is 0 Å². The molecule has 0 aliphatic carbocycles. The molecule has 30 heavy (non-hydrogen) atoms.